The van der Waals surface area contributed by atoms with Crippen molar-refractivity contribution in [1.29, 1.82) is 0 Å². The lowest BCUT2D eigenvalue weighted by atomic mass is 9.97. The van der Waals surface area contributed by atoms with Crippen molar-refractivity contribution in [2.24, 2.45) is 5.73 Å². The molecule has 0 fully saturated rings. The molecule has 0 saturated heterocycles. The third-order valence-electron chi connectivity index (χ3n) is 3.43. The molecule has 0 spiro atoms. The smallest absolute Gasteiger partial charge is 0.228 e. The van der Waals surface area contributed by atoms with Gasteiger partial charge in [0.05, 0.1) is 12.5 Å². The molecule has 1 aliphatic heterocycles. The van der Waals surface area contributed by atoms with Gasteiger partial charge < -0.3 is 11.1 Å². The zero-order valence-corrected chi connectivity index (χ0v) is 13.9. The quantitative estimate of drug-likeness (QED) is 0.809. The van der Waals surface area contributed by atoms with Crippen molar-refractivity contribution >= 4 is 50.7 Å². The van der Waals surface area contributed by atoms with Crippen LogP contribution in [0.3, 0.4) is 0 Å². The van der Waals surface area contributed by atoms with Crippen molar-refractivity contribution in [3.8, 4) is 0 Å². The van der Waals surface area contributed by atoms with Crippen LogP contribution in [0.4, 0.5) is 5.69 Å². The minimum absolute atomic E-state index is 0.0303. The minimum Gasteiger partial charge on any atom is -0.325 e. The molecule has 1 atom stereocenters. The molecule has 1 unspecified atom stereocenters. The van der Waals surface area contributed by atoms with Gasteiger partial charge >= 0.3 is 0 Å². The van der Waals surface area contributed by atoms with E-state index in [-0.39, 0.29) is 5.91 Å². The fraction of sp³-hybridized carbons (Fsp3) is 0.133. The Morgan fingerprint density at radius 3 is 2.67 bits per heavy atom. The molecule has 1 heterocycles. The van der Waals surface area contributed by atoms with Gasteiger partial charge in [0, 0.05) is 20.2 Å². The highest BCUT2D eigenvalue weighted by atomic mass is 79.9. The molecular weight excluding hydrogens is 375 g/mol. The molecule has 0 radical (unpaired) electrons. The van der Waals surface area contributed by atoms with Crippen LogP contribution in [0.25, 0.3) is 0 Å². The van der Waals surface area contributed by atoms with Crippen LogP contribution in [0, 0.1) is 0 Å². The Balaban J connectivity index is 2.04. The second kappa shape index (κ2) is 5.61. The Hall–Kier alpha value is -1.07. The van der Waals surface area contributed by atoms with Crippen LogP contribution >= 0.6 is 39.1 Å². The molecule has 0 aliphatic carbocycles. The summed E-state index contributed by atoms with van der Waals surface area (Å²) < 4.78 is 0.856. The lowest BCUT2D eigenvalue weighted by Gasteiger charge is -2.16. The van der Waals surface area contributed by atoms with E-state index < -0.39 is 6.04 Å². The van der Waals surface area contributed by atoms with E-state index >= 15 is 0 Å². The highest BCUT2D eigenvalue weighted by molar-refractivity contribution is 9.10. The number of carbonyl (C=O) groups is 1. The molecule has 3 N–H and O–H groups in total. The third-order valence-corrected chi connectivity index (χ3v) is 4.43. The summed E-state index contributed by atoms with van der Waals surface area (Å²) in [6.07, 6.45) is 0.353. The van der Waals surface area contributed by atoms with Gasteiger partial charge in [-0.05, 0) is 47.0 Å². The summed E-state index contributed by atoms with van der Waals surface area (Å²) in [5.41, 5.74) is 9.62. The van der Waals surface area contributed by atoms with E-state index in [0.29, 0.717) is 16.5 Å². The van der Waals surface area contributed by atoms with E-state index in [2.05, 4.69) is 21.2 Å². The molecule has 2 aromatic carbocycles. The van der Waals surface area contributed by atoms with Crippen LogP contribution in [-0.4, -0.2) is 5.91 Å². The lowest BCUT2D eigenvalue weighted by molar-refractivity contribution is -0.115. The molecular formula is C15H11BrCl2N2O. The molecule has 0 aromatic heterocycles. The molecule has 21 heavy (non-hydrogen) atoms. The van der Waals surface area contributed by atoms with Gasteiger partial charge in [0.2, 0.25) is 5.91 Å². The Bertz CT molecular complexity index is 728. The number of hydrogen-bond acceptors (Lipinski definition) is 2. The standard InChI is InChI=1S/C15H11BrCl2N2O/c16-9-1-8(2-10(17)5-9)15(19)11-3-7-4-14(21)20-13(7)6-12(11)18/h1-3,5-6,15H,4,19H2,(H,20,21). The first-order chi connectivity index (χ1) is 9.94. The second-order valence-electron chi connectivity index (χ2n) is 4.94. The van der Waals surface area contributed by atoms with Crippen molar-refractivity contribution in [2.75, 3.05) is 5.32 Å². The summed E-state index contributed by atoms with van der Waals surface area (Å²) in [5.74, 6) is -0.0303. The number of rotatable bonds is 2. The van der Waals surface area contributed by atoms with Gasteiger partial charge in [-0.25, -0.2) is 0 Å². The van der Waals surface area contributed by atoms with Crippen molar-refractivity contribution in [2.45, 2.75) is 12.5 Å². The first-order valence-electron chi connectivity index (χ1n) is 6.28. The molecule has 0 bridgehead atoms. The topological polar surface area (TPSA) is 55.1 Å². The number of hydrogen-bond donors (Lipinski definition) is 2. The average molecular weight is 386 g/mol. The average Bonchev–Trinajstić information content (AvgIpc) is 2.75. The van der Waals surface area contributed by atoms with Crippen molar-refractivity contribution in [1.82, 2.24) is 0 Å². The van der Waals surface area contributed by atoms with Crippen molar-refractivity contribution < 1.29 is 4.79 Å². The van der Waals surface area contributed by atoms with Gasteiger partial charge in [0.25, 0.3) is 0 Å². The van der Waals surface area contributed by atoms with Crippen LogP contribution in [-0.2, 0) is 11.2 Å². The monoisotopic (exact) mass is 384 g/mol. The highest BCUT2D eigenvalue weighted by Gasteiger charge is 2.22. The van der Waals surface area contributed by atoms with Crippen molar-refractivity contribution in [3.63, 3.8) is 0 Å². The Labute approximate surface area is 140 Å². The molecule has 1 aliphatic rings. The first kappa shape index (κ1) is 14.9. The van der Waals surface area contributed by atoms with Gasteiger partial charge in [0.1, 0.15) is 0 Å². The van der Waals surface area contributed by atoms with Gasteiger partial charge in [-0.2, -0.15) is 0 Å². The maximum absolute atomic E-state index is 11.4. The SMILES string of the molecule is NC(c1cc(Cl)cc(Br)c1)c1cc2c(cc1Cl)NC(=O)C2. The van der Waals surface area contributed by atoms with Gasteiger partial charge in [-0.3, -0.25) is 4.79 Å². The van der Waals surface area contributed by atoms with Gasteiger partial charge in [0.15, 0.2) is 0 Å². The fourth-order valence-electron chi connectivity index (χ4n) is 2.44. The third kappa shape index (κ3) is 2.94. The lowest BCUT2D eigenvalue weighted by Crippen LogP contribution is -2.13. The molecule has 6 heteroatoms. The van der Waals surface area contributed by atoms with Crippen molar-refractivity contribution in [3.05, 3.63) is 61.5 Å². The van der Waals surface area contributed by atoms with E-state index in [9.17, 15) is 4.79 Å². The number of nitrogens with two attached hydrogens (primary N) is 1. The number of nitrogens with one attached hydrogen (secondary N) is 1. The molecule has 108 valence electrons. The predicted octanol–water partition coefficient (Wildman–Crippen LogP) is 4.30. The van der Waals surface area contributed by atoms with Gasteiger partial charge in [-0.15, -0.1) is 0 Å². The fourth-order valence-corrected chi connectivity index (χ4v) is 3.61. The van der Waals surface area contributed by atoms with Gasteiger partial charge in [-0.1, -0.05) is 39.1 Å². The number of halogens is 3. The molecule has 0 saturated carbocycles. The maximum atomic E-state index is 11.4. The highest BCUT2D eigenvalue weighted by Crippen LogP contribution is 2.35. The first-order valence-corrected chi connectivity index (χ1v) is 7.82. The number of fused-ring (bicyclic) bond motifs is 1. The number of amides is 1. The summed E-state index contributed by atoms with van der Waals surface area (Å²) >= 11 is 15.8. The second-order valence-corrected chi connectivity index (χ2v) is 6.70. The molecule has 1 amide bonds. The number of benzene rings is 2. The number of anilines is 1. The summed E-state index contributed by atoms with van der Waals surface area (Å²) in [7, 11) is 0. The van der Waals surface area contributed by atoms with Crippen LogP contribution in [0.2, 0.25) is 10.0 Å². The van der Waals surface area contributed by atoms with Crippen LogP contribution in [0.5, 0.6) is 0 Å². The Morgan fingerprint density at radius 2 is 1.95 bits per heavy atom. The van der Waals surface area contributed by atoms with Crippen LogP contribution in [0.1, 0.15) is 22.7 Å². The normalized spacial score (nSPS) is 14.8. The molecule has 2 aromatic rings. The summed E-state index contributed by atoms with van der Waals surface area (Å²) in [4.78, 5) is 11.4. The largest absolute Gasteiger partial charge is 0.325 e. The molecule has 3 nitrogen and oxygen atoms in total. The molecule has 3 rings (SSSR count). The zero-order valence-electron chi connectivity index (χ0n) is 10.8. The van der Waals surface area contributed by atoms with E-state index in [1.54, 1.807) is 12.1 Å². The summed E-state index contributed by atoms with van der Waals surface area (Å²) in [5, 5.41) is 3.90. The van der Waals surface area contributed by atoms with E-state index in [1.165, 1.54) is 0 Å². The summed E-state index contributed by atoms with van der Waals surface area (Å²) in [6, 6.07) is 8.73. The number of carbonyl (C=O) groups excluding carboxylic acids is 1. The predicted molar refractivity (Wildman–Crippen MR) is 89.0 cm³/mol. The maximum Gasteiger partial charge on any atom is 0.228 e. The van der Waals surface area contributed by atoms with E-state index in [0.717, 1.165) is 26.9 Å². The zero-order chi connectivity index (χ0) is 15.1. The van der Waals surface area contributed by atoms with Crippen LogP contribution < -0.4 is 11.1 Å². The Kier molecular flexibility index (Phi) is 3.97. The van der Waals surface area contributed by atoms with Crippen LogP contribution in [0.15, 0.2) is 34.8 Å². The summed E-state index contributed by atoms with van der Waals surface area (Å²) in [6.45, 7) is 0. The Morgan fingerprint density at radius 1 is 1.19 bits per heavy atom. The van der Waals surface area contributed by atoms with E-state index in [4.69, 9.17) is 28.9 Å². The minimum atomic E-state index is -0.409. The van der Waals surface area contributed by atoms with E-state index in [1.807, 2.05) is 18.2 Å².